The van der Waals surface area contributed by atoms with Gasteiger partial charge < -0.3 is 9.79 Å². The first-order valence-electron chi connectivity index (χ1n) is 1.17. The molecule has 0 aliphatic heterocycles. The minimum atomic E-state index is -3.66. The molecular formula is CH4IO3P. The van der Waals surface area contributed by atoms with Gasteiger partial charge in [-0.2, -0.15) is 0 Å². The van der Waals surface area contributed by atoms with Gasteiger partial charge in [-0.3, -0.25) is 4.57 Å². The SMILES string of the molecule is O=P(O)(O)CI. The van der Waals surface area contributed by atoms with Crippen molar-refractivity contribution in [3.8, 4) is 0 Å². The summed E-state index contributed by atoms with van der Waals surface area (Å²) < 4.78 is 9.59. The molecule has 3 nitrogen and oxygen atoms in total. The Labute approximate surface area is 49.1 Å². The van der Waals surface area contributed by atoms with Gasteiger partial charge in [0.15, 0.2) is 0 Å². The fourth-order valence-corrected chi connectivity index (χ4v) is 0. The van der Waals surface area contributed by atoms with Gasteiger partial charge in [-0.1, -0.05) is 22.6 Å². The van der Waals surface area contributed by atoms with Crippen LogP contribution in [-0.4, -0.2) is 14.0 Å². The van der Waals surface area contributed by atoms with Gasteiger partial charge in [-0.05, 0) is 0 Å². The van der Waals surface area contributed by atoms with Gasteiger partial charge in [0.1, 0.15) is 4.17 Å². The molecule has 0 rings (SSSR count). The maximum Gasteiger partial charge on any atom is 0.335 e. The molecule has 0 heterocycles. The lowest BCUT2D eigenvalue weighted by Gasteiger charge is -1.91. The summed E-state index contributed by atoms with van der Waals surface area (Å²) in [4.78, 5) is 15.9. The Morgan fingerprint density at radius 1 is 1.67 bits per heavy atom. The zero-order chi connectivity index (χ0) is 5.21. The zero-order valence-corrected chi connectivity index (χ0v) is 5.89. The molecule has 2 N–H and O–H groups in total. The molecule has 0 radical (unpaired) electrons. The van der Waals surface area contributed by atoms with E-state index in [2.05, 4.69) is 0 Å². The Bertz CT molecular complexity index is 74.9. The Hall–Kier alpha value is 0.880. The van der Waals surface area contributed by atoms with Crippen LogP contribution >= 0.6 is 30.2 Å². The lowest BCUT2D eigenvalue weighted by Crippen LogP contribution is -1.72. The molecule has 0 fully saturated rings. The zero-order valence-electron chi connectivity index (χ0n) is 2.83. The van der Waals surface area contributed by atoms with Crippen LogP contribution in [0.3, 0.4) is 0 Å². The predicted molar refractivity (Wildman–Crippen MR) is 30.9 cm³/mol. The summed E-state index contributed by atoms with van der Waals surface area (Å²) in [6.07, 6.45) is 0. The molecule has 0 spiro atoms. The smallest absolute Gasteiger partial charge is 0.324 e. The fourth-order valence-electron chi connectivity index (χ4n) is 0. The van der Waals surface area contributed by atoms with Crippen molar-refractivity contribution in [1.29, 1.82) is 0 Å². The van der Waals surface area contributed by atoms with Crippen LogP contribution in [-0.2, 0) is 4.57 Å². The highest BCUT2D eigenvalue weighted by Crippen LogP contribution is 2.36. The number of hydrogen-bond acceptors (Lipinski definition) is 1. The summed E-state index contributed by atoms with van der Waals surface area (Å²) >= 11 is 1.63. The topological polar surface area (TPSA) is 57.5 Å². The second-order valence-electron chi connectivity index (χ2n) is 0.784. The minimum absolute atomic E-state index is 0.0925. The highest BCUT2D eigenvalue weighted by molar-refractivity contribution is 14.1. The van der Waals surface area contributed by atoms with E-state index in [0.717, 1.165) is 0 Å². The van der Waals surface area contributed by atoms with E-state index in [1.807, 2.05) is 0 Å². The maximum absolute atomic E-state index is 9.69. The van der Waals surface area contributed by atoms with Crippen molar-refractivity contribution in [2.24, 2.45) is 0 Å². The quantitative estimate of drug-likeness (QED) is 0.387. The molecule has 0 aromatic heterocycles. The number of rotatable bonds is 1. The third-order valence-electron chi connectivity index (χ3n) is 0.156. The summed E-state index contributed by atoms with van der Waals surface area (Å²) in [6.45, 7) is 0. The second kappa shape index (κ2) is 2.26. The fraction of sp³-hybridized carbons (Fsp3) is 1.00. The average molecular weight is 222 g/mol. The predicted octanol–water partition coefficient (Wildman–Crippen LogP) is 0.557. The minimum Gasteiger partial charge on any atom is -0.324 e. The van der Waals surface area contributed by atoms with Gasteiger partial charge in [-0.15, -0.1) is 0 Å². The molecule has 38 valence electrons. The van der Waals surface area contributed by atoms with Gasteiger partial charge in [-0.25, -0.2) is 0 Å². The maximum atomic E-state index is 9.69. The van der Waals surface area contributed by atoms with E-state index in [0.29, 0.717) is 0 Å². The molecule has 0 amide bonds. The highest BCUT2D eigenvalue weighted by atomic mass is 127. The van der Waals surface area contributed by atoms with Gasteiger partial charge in [0, 0.05) is 0 Å². The molecule has 0 saturated carbocycles. The van der Waals surface area contributed by atoms with Crippen LogP contribution in [0.1, 0.15) is 0 Å². The summed E-state index contributed by atoms with van der Waals surface area (Å²) in [5.41, 5.74) is 0. The molecule has 0 unspecified atom stereocenters. The third kappa shape index (κ3) is 4.88. The molecule has 6 heavy (non-hydrogen) atoms. The number of hydrogen-bond donors (Lipinski definition) is 2. The number of alkyl halides is 1. The molecule has 0 atom stereocenters. The normalized spacial score (nSPS) is 11.8. The standard InChI is InChI=1S/CH4IO3P/c2-1-6(3,4)5/h1H2,(H2,3,4,5). The first-order chi connectivity index (χ1) is 2.56. The Balaban J connectivity index is 3.48. The molecule has 0 aromatic rings. The van der Waals surface area contributed by atoms with Crippen molar-refractivity contribution in [2.45, 2.75) is 0 Å². The lowest BCUT2D eigenvalue weighted by atomic mass is 11.9. The van der Waals surface area contributed by atoms with Crippen LogP contribution in [0.15, 0.2) is 0 Å². The number of halogens is 1. The first kappa shape index (κ1) is 6.88. The van der Waals surface area contributed by atoms with Crippen molar-refractivity contribution >= 4 is 30.2 Å². The van der Waals surface area contributed by atoms with Crippen LogP contribution < -0.4 is 0 Å². The van der Waals surface area contributed by atoms with Crippen LogP contribution in [0.5, 0.6) is 0 Å². The van der Waals surface area contributed by atoms with E-state index in [4.69, 9.17) is 9.79 Å². The van der Waals surface area contributed by atoms with Gasteiger partial charge in [0.2, 0.25) is 0 Å². The Morgan fingerprint density at radius 3 is 1.83 bits per heavy atom. The van der Waals surface area contributed by atoms with Crippen LogP contribution in [0.2, 0.25) is 0 Å². The largest absolute Gasteiger partial charge is 0.335 e. The van der Waals surface area contributed by atoms with Crippen molar-refractivity contribution in [3.05, 3.63) is 0 Å². The van der Waals surface area contributed by atoms with Gasteiger partial charge in [0.25, 0.3) is 0 Å². The Morgan fingerprint density at radius 2 is 1.83 bits per heavy atom. The molecule has 0 saturated heterocycles. The van der Waals surface area contributed by atoms with Crippen molar-refractivity contribution in [1.82, 2.24) is 0 Å². The summed E-state index contributed by atoms with van der Waals surface area (Å²) in [6, 6.07) is 0. The highest BCUT2D eigenvalue weighted by Gasteiger charge is 2.06. The summed E-state index contributed by atoms with van der Waals surface area (Å²) in [5.74, 6) is 0. The van der Waals surface area contributed by atoms with E-state index in [-0.39, 0.29) is 4.17 Å². The van der Waals surface area contributed by atoms with Crippen LogP contribution in [0.4, 0.5) is 0 Å². The monoisotopic (exact) mass is 222 g/mol. The third-order valence-corrected chi connectivity index (χ3v) is 3.13. The molecule has 0 aromatic carbocycles. The van der Waals surface area contributed by atoms with Crippen LogP contribution in [0, 0.1) is 0 Å². The van der Waals surface area contributed by atoms with Gasteiger partial charge >= 0.3 is 7.60 Å². The lowest BCUT2D eigenvalue weighted by molar-refractivity contribution is 0.380. The Kier molecular flexibility index (Phi) is 2.59. The van der Waals surface area contributed by atoms with Crippen molar-refractivity contribution in [2.75, 3.05) is 4.17 Å². The molecule has 0 aliphatic carbocycles. The molecule has 0 bridgehead atoms. The molecule has 0 aliphatic rings. The molecule has 5 heteroatoms. The van der Waals surface area contributed by atoms with E-state index in [1.165, 1.54) is 0 Å². The van der Waals surface area contributed by atoms with Gasteiger partial charge in [0.05, 0.1) is 0 Å². The van der Waals surface area contributed by atoms with Crippen LogP contribution in [0.25, 0.3) is 0 Å². The summed E-state index contributed by atoms with van der Waals surface area (Å²) in [5, 5.41) is 0. The molecular weight excluding hydrogens is 218 g/mol. The van der Waals surface area contributed by atoms with E-state index in [1.54, 1.807) is 22.6 Å². The van der Waals surface area contributed by atoms with E-state index < -0.39 is 7.60 Å². The van der Waals surface area contributed by atoms with E-state index in [9.17, 15) is 4.57 Å². The van der Waals surface area contributed by atoms with Crippen molar-refractivity contribution in [3.63, 3.8) is 0 Å². The summed E-state index contributed by atoms with van der Waals surface area (Å²) in [7, 11) is -3.66. The van der Waals surface area contributed by atoms with E-state index >= 15 is 0 Å². The average Bonchev–Trinajstić information content (AvgIpc) is 1.35. The first-order valence-corrected chi connectivity index (χ1v) is 4.49. The van der Waals surface area contributed by atoms with Crippen molar-refractivity contribution < 1.29 is 14.4 Å². The second-order valence-corrected chi connectivity index (χ2v) is 4.40.